The van der Waals surface area contributed by atoms with E-state index < -0.39 is 0 Å². The maximum atomic E-state index is 11.9. The fraction of sp³-hybridized carbons (Fsp3) is 0.400. The number of hydrogen-bond donors (Lipinski definition) is 1. The number of rotatable bonds is 8. The van der Waals surface area contributed by atoms with E-state index in [1.165, 1.54) is 23.1 Å². The summed E-state index contributed by atoms with van der Waals surface area (Å²) in [5.74, 6) is 0.972. The molecular formula is C15H17Cl2N3OS2. The van der Waals surface area contributed by atoms with Gasteiger partial charge in [0.25, 0.3) is 0 Å². The first-order chi connectivity index (χ1) is 11.1. The number of nitrogens with one attached hydrogen (secondary N) is 1. The molecule has 0 fully saturated rings. The van der Waals surface area contributed by atoms with Crippen molar-refractivity contribution >= 4 is 57.3 Å². The normalized spacial score (nSPS) is 10.7. The van der Waals surface area contributed by atoms with Gasteiger partial charge >= 0.3 is 0 Å². The molecule has 1 aromatic carbocycles. The van der Waals surface area contributed by atoms with Crippen LogP contribution in [0.4, 0.5) is 5.13 Å². The summed E-state index contributed by atoms with van der Waals surface area (Å²) in [7, 11) is 0. The standard InChI is InChI=1S/C15H17Cl2N3OS2/c1-2-3-4-14-19-20-15(23-14)18-13(21)9-22-8-10-5-6-11(16)12(17)7-10/h5-7H,2-4,8-9H2,1H3,(H,18,20,21). The van der Waals surface area contributed by atoms with Crippen LogP contribution in [0.25, 0.3) is 0 Å². The summed E-state index contributed by atoms with van der Waals surface area (Å²) in [6.07, 6.45) is 3.12. The molecule has 124 valence electrons. The predicted molar refractivity (Wildman–Crippen MR) is 99.8 cm³/mol. The van der Waals surface area contributed by atoms with Gasteiger partial charge in [-0.05, 0) is 24.1 Å². The molecule has 0 aliphatic rings. The van der Waals surface area contributed by atoms with Gasteiger partial charge in [-0.15, -0.1) is 22.0 Å². The predicted octanol–water partition coefficient (Wildman–Crippen LogP) is 5.06. The van der Waals surface area contributed by atoms with E-state index in [0.717, 1.165) is 29.8 Å². The number of carbonyl (C=O) groups is 1. The molecule has 0 aliphatic heterocycles. The molecule has 1 N–H and O–H groups in total. The third-order valence-corrected chi connectivity index (χ3v) is 5.58. The van der Waals surface area contributed by atoms with Crippen LogP contribution in [0, 0.1) is 0 Å². The van der Waals surface area contributed by atoms with Crippen LogP contribution >= 0.6 is 46.3 Å². The second-order valence-corrected chi connectivity index (χ2v) is 7.76. The Bertz CT molecular complexity index is 664. The van der Waals surface area contributed by atoms with E-state index in [2.05, 4.69) is 22.4 Å². The van der Waals surface area contributed by atoms with Gasteiger partial charge in [0.2, 0.25) is 11.0 Å². The second-order valence-electron chi connectivity index (χ2n) is 4.89. The summed E-state index contributed by atoms with van der Waals surface area (Å²) in [6.45, 7) is 2.13. The lowest BCUT2D eigenvalue weighted by molar-refractivity contribution is -0.113. The zero-order chi connectivity index (χ0) is 16.7. The number of carbonyl (C=O) groups excluding carboxylic acids is 1. The highest BCUT2D eigenvalue weighted by Crippen LogP contribution is 2.25. The number of anilines is 1. The van der Waals surface area contributed by atoms with Gasteiger partial charge < -0.3 is 0 Å². The van der Waals surface area contributed by atoms with Crippen LogP contribution < -0.4 is 5.32 Å². The third-order valence-electron chi connectivity index (χ3n) is 2.94. The molecule has 0 saturated carbocycles. The molecule has 0 radical (unpaired) electrons. The number of nitrogens with zero attached hydrogens (tertiary/aromatic N) is 2. The Kier molecular flexibility index (Phi) is 7.62. The minimum Gasteiger partial charge on any atom is -0.300 e. The van der Waals surface area contributed by atoms with E-state index in [-0.39, 0.29) is 5.91 Å². The van der Waals surface area contributed by atoms with Gasteiger partial charge in [0, 0.05) is 12.2 Å². The molecule has 0 atom stereocenters. The van der Waals surface area contributed by atoms with E-state index >= 15 is 0 Å². The zero-order valence-corrected chi connectivity index (χ0v) is 15.8. The summed E-state index contributed by atoms with van der Waals surface area (Å²) in [4.78, 5) is 11.9. The van der Waals surface area contributed by atoms with Crippen LogP contribution in [0.1, 0.15) is 30.3 Å². The fourth-order valence-electron chi connectivity index (χ4n) is 1.78. The van der Waals surface area contributed by atoms with Gasteiger partial charge in [0.15, 0.2) is 0 Å². The third kappa shape index (κ3) is 6.30. The van der Waals surface area contributed by atoms with Crippen LogP contribution in [0.3, 0.4) is 0 Å². The molecule has 1 aromatic heterocycles. The molecule has 0 unspecified atom stereocenters. The Morgan fingerprint density at radius 1 is 1.30 bits per heavy atom. The second kappa shape index (κ2) is 9.47. The van der Waals surface area contributed by atoms with E-state index in [4.69, 9.17) is 23.2 Å². The molecule has 0 bridgehead atoms. The summed E-state index contributed by atoms with van der Waals surface area (Å²) in [5, 5.41) is 13.4. The van der Waals surface area contributed by atoms with E-state index in [1.807, 2.05) is 12.1 Å². The average molecular weight is 390 g/mol. The van der Waals surface area contributed by atoms with Crippen molar-refractivity contribution in [1.29, 1.82) is 0 Å². The SMILES string of the molecule is CCCCc1nnc(NC(=O)CSCc2ccc(Cl)c(Cl)c2)s1. The number of hydrogen-bond acceptors (Lipinski definition) is 5. The van der Waals surface area contributed by atoms with E-state index in [1.54, 1.807) is 6.07 Å². The van der Waals surface area contributed by atoms with Gasteiger partial charge in [-0.25, -0.2) is 0 Å². The first-order valence-electron chi connectivity index (χ1n) is 7.22. The van der Waals surface area contributed by atoms with E-state index in [0.29, 0.717) is 26.7 Å². The zero-order valence-electron chi connectivity index (χ0n) is 12.6. The van der Waals surface area contributed by atoms with Crippen LogP contribution in [0.5, 0.6) is 0 Å². The van der Waals surface area contributed by atoms with Crippen molar-refractivity contribution < 1.29 is 4.79 Å². The van der Waals surface area contributed by atoms with Gasteiger partial charge in [-0.3, -0.25) is 10.1 Å². The highest BCUT2D eigenvalue weighted by molar-refractivity contribution is 7.99. The molecular weight excluding hydrogens is 373 g/mol. The van der Waals surface area contributed by atoms with Crippen LogP contribution in [0.2, 0.25) is 10.0 Å². The Hall–Kier alpha value is -0.820. The Labute approximate surface area is 154 Å². The Morgan fingerprint density at radius 2 is 2.13 bits per heavy atom. The molecule has 0 saturated heterocycles. The van der Waals surface area contributed by atoms with Gasteiger partial charge in [-0.2, -0.15) is 0 Å². The van der Waals surface area contributed by atoms with Crippen molar-refractivity contribution in [2.24, 2.45) is 0 Å². The summed E-state index contributed by atoms with van der Waals surface area (Å²) in [6, 6.07) is 5.49. The monoisotopic (exact) mass is 389 g/mol. The minimum absolute atomic E-state index is 0.0757. The number of aryl methyl sites for hydroxylation is 1. The maximum Gasteiger partial charge on any atom is 0.236 e. The molecule has 8 heteroatoms. The lowest BCUT2D eigenvalue weighted by Crippen LogP contribution is -2.13. The first-order valence-corrected chi connectivity index (χ1v) is 9.95. The highest BCUT2D eigenvalue weighted by atomic mass is 35.5. The largest absolute Gasteiger partial charge is 0.300 e. The van der Waals surface area contributed by atoms with Crippen molar-refractivity contribution in [2.45, 2.75) is 31.9 Å². The Morgan fingerprint density at radius 3 is 2.87 bits per heavy atom. The van der Waals surface area contributed by atoms with Crippen LogP contribution in [0.15, 0.2) is 18.2 Å². The van der Waals surface area contributed by atoms with Crippen molar-refractivity contribution in [2.75, 3.05) is 11.1 Å². The molecule has 2 rings (SSSR count). The van der Waals surface area contributed by atoms with Crippen molar-refractivity contribution in [3.63, 3.8) is 0 Å². The highest BCUT2D eigenvalue weighted by Gasteiger charge is 2.08. The Balaban J connectivity index is 1.74. The molecule has 2 aromatic rings. The molecule has 23 heavy (non-hydrogen) atoms. The lowest BCUT2D eigenvalue weighted by Gasteiger charge is -2.03. The fourth-order valence-corrected chi connectivity index (χ4v) is 3.67. The van der Waals surface area contributed by atoms with Crippen molar-refractivity contribution in [3.8, 4) is 0 Å². The summed E-state index contributed by atoms with van der Waals surface area (Å²) in [5.41, 5.74) is 1.04. The smallest absolute Gasteiger partial charge is 0.236 e. The number of halogens is 2. The van der Waals surface area contributed by atoms with Gasteiger partial charge in [0.05, 0.1) is 15.8 Å². The number of unbranched alkanes of at least 4 members (excludes halogenated alkanes) is 1. The topological polar surface area (TPSA) is 54.9 Å². The number of benzene rings is 1. The quantitative estimate of drug-likeness (QED) is 0.685. The van der Waals surface area contributed by atoms with Crippen molar-refractivity contribution in [1.82, 2.24) is 10.2 Å². The number of amides is 1. The van der Waals surface area contributed by atoms with Crippen LogP contribution in [-0.4, -0.2) is 21.9 Å². The minimum atomic E-state index is -0.0757. The van der Waals surface area contributed by atoms with E-state index in [9.17, 15) is 4.79 Å². The maximum absolute atomic E-state index is 11.9. The first kappa shape index (κ1) is 18.5. The average Bonchev–Trinajstić information content (AvgIpc) is 2.96. The molecule has 0 spiro atoms. The van der Waals surface area contributed by atoms with Gasteiger partial charge in [-0.1, -0.05) is 53.9 Å². The van der Waals surface area contributed by atoms with Gasteiger partial charge in [0.1, 0.15) is 5.01 Å². The molecule has 4 nitrogen and oxygen atoms in total. The summed E-state index contributed by atoms with van der Waals surface area (Å²) < 4.78 is 0. The molecule has 1 heterocycles. The number of thioether (sulfide) groups is 1. The van der Waals surface area contributed by atoms with Crippen molar-refractivity contribution in [3.05, 3.63) is 38.8 Å². The number of aromatic nitrogens is 2. The lowest BCUT2D eigenvalue weighted by atomic mass is 10.2. The van der Waals surface area contributed by atoms with Crippen LogP contribution in [-0.2, 0) is 17.0 Å². The molecule has 0 aliphatic carbocycles. The summed E-state index contributed by atoms with van der Waals surface area (Å²) >= 11 is 14.8. The molecule has 1 amide bonds.